The topological polar surface area (TPSA) is 247 Å². The second-order valence-corrected chi connectivity index (χ2v) is 9.36. The van der Waals surface area contributed by atoms with E-state index in [9.17, 15) is 55.2 Å². The molecule has 0 amide bonds. The number of hydrogen-bond acceptors (Lipinski definition) is 12. The number of aromatic hydroxyl groups is 1. The largest absolute Gasteiger partial charge is 0.504 e. The van der Waals surface area contributed by atoms with E-state index in [0.717, 1.165) is 0 Å². The smallest absolute Gasteiger partial charge is 0.351 e. The van der Waals surface area contributed by atoms with Gasteiger partial charge >= 0.3 is 17.9 Å². The standard InChI is InChI=1S/C24H28N2O13/c27-8-17-18(29)19(30)20(31)24(39-17)38-16-6-10-5-14(23(36)37)26(13(10)7-15(16)28)2-1-9-3-11(21(32)33)25-12(4-9)22(34)35/h1,3,6-7,12,14,17-20,24-25,27-31H,2,4-5,8H2,(H,32,33)(H,34,35)(H,36,37)/b9-1+/t12-,14-,17+,18+,19-,20+,24+/m0/s1. The van der Waals surface area contributed by atoms with E-state index in [4.69, 9.17) is 9.47 Å². The van der Waals surface area contributed by atoms with E-state index in [2.05, 4.69) is 5.32 Å². The van der Waals surface area contributed by atoms with Gasteiger partial charge in [0, 0.05) is 31.1 Å². The zero-order chi connectivity index (χ0) is 28.6. The highest BCUT2D eigenvalue weighted by Gasteiger charge is 2.45. The second kappa shape index (κ2) is 11.1. The van der Waals surface area contributed by atoms with E-state index in [1.807, 2.05) is 0 Å². The van der Waals surface area contributed by atoms with Crippen LogP contribution in [-0.2, 0) is 25.5 Å². The Balaban J connectivity index is 1.59. The molecule has 15 nitrogen and oxygen atoms in total. The van der Waals surface area contributed by atoms with Crippen LogP contribution in [0.2, 0.25) is 0 Å². The number of aliphatic hydroxyl groups excluding tert-OH is 4. The van der Waals surface area contributed by atoms with Gasteiger partial charge in [-0.3, -0.25) is 0 Å². The summed E-state index contributed by atoms with van der Waals surface area (Å²) in [5.41, 5.74) is 0.810. The van der Waals surface area contributed by atoms with Gasteiger partial charge in [0.15, 0.2) is 11.5 Å². The summed E-state index contributed by atoms with van der Waals surface area (Å²) in [6, 6.07) is 0.304. The van der Waals surface area contributed by atoms with Crippen LogP contribution in [-0.4, -0.2) is 115 Å². The zero-order valence-corrected chi connectivity index (χ0v) is 20.2. The maximum Gasteiger partial charge on any atom is 0.351 e. The van der Waals surface area contributed by atoms with Crippen LogP contribution in [0.25, 0.3) is 0 Å². The van der Waals surface area contributed by atoms with Gasteiger partial charge in [0.25, 0.3) is 0 Å². The van der Waals surface area contributed by atoms with Crippen molar-refractivity contribution in [3.63, 3.8) is 0 Å². The Hall–Kier alpha value is -3.89. The monoisotopic (exact) mass is 552 g/mol. The molecule has 3 heterocycles. The normalized spacial score (nSPS) is 31.3. The lowest BCUT2D eigenvalue weighted by Gasteiger charge is -2.39. The molecule has 0 unspecified atom stereocenters. The number of benzene rings is 1. The fourth-order valence-corrected chi connectivity index (χ4v) is 4.74. The van der Waals surface area contributed by atoms with Gasteiger partial charge in [-0.2, -0.15) is 0 Å². The number of carbonyl (C=O) groups is 3. The number of ether oxygens (including phenoxy) is 2. The molecule has 3 aliphatic rings. The first-order valence-electron chi connectivity index (χ1n) is 11.9. The van der Waals surface area contributed by atoms with E-state index in [1.165, 1.54) is 29.2 Å². The van der Waals surface area contributed by atoms with Crippen LogP contribution in [0.1, 0.15) is 12.0 Å². The van der Waals surface area contributed by atoms with Crippen molar-refractivity contribution < 1.29 is 64.7 Å². The van der Waals surface area contributed by atoms with Crippen LogP contribution in [0.4, 0.5) is 5.69 Å². The van der Waals surface area contributed by atoms with Gasteiger partial charge in [0.2, 0.25) is 6.29 Å². The number of carboxylic acids is 3. The van der Waals surface area contributed by atoms with E-state index < -0.39 is 73.1 Å². The summed E-state index contributed by atoms with van der Waals surface area (Å²) >= 11 is 0. The molecule has 0 radical (unpaired) electrons. The molecule has 1 aromatic rings. The highest BCUT2D eigenvalue weighted by Crippen LogP contribution is 2.41. The first-order valence-corrected chi connectivity index (χ1v) is 11.9. The lowest BCUT2D eigenvalue weighted by atomic mass is 9.99. The number of aliphatic carboxylic acids is 3. The molecule has 15 heteroatoms. The molecule has 39 heavy (non-hydrogen) atoms. The average molecular weight is 552 g/mol. The van der Waals surface area contributed by atoms with E-state index in [-0.39, 0.29) is 30.8 Å². The highest BCUT2D eigenvalue weighted by atomic mass is 16.7. The fraction of sp³-hybridized carbons (Fsp3) is 0.458. The predicted octanol–water partition coefficient (Wildman–Crippen LogP) is -2.27. The SMILES string of the molecule is O=C(O)C1=C/C(=C\CN2c3cc(O)c(O[C@@H]4O[C@H](CO)[C@@H](O)[C@H](O)[C@H]4O)cc3C[C@H]2C(=O)O)C[C@@H](C(=O)O)N1. The molecule has 0 aliphatic carbocycles. The highest BCUT2D eigenvalue weighted by molar-refractivity contribution is 5.89. The van der Waals surface area contributed by atoms with E-state index in [1.54, 1.807) is 0 Å². The Bertz CT molecular complexity index is 1210. The van der Waals surface area contributed by atoms with Gasteiger partial charge in [-0.05, 0) is 23.3 Å². The predicted molar refractivity (Wildman–Crippen MR) is 128 cm³/mol. The van der Waals surface area contributed by atoms with Gasteiger partial charge < -0.3 is 60.5 Å². The molecule has 0 saturated carbocycles. The molecule has 4 rings (SSSR count). The third-order valence-corrected chi connectivity index (χ3v) is 6.81. The van der Waals surface area contributed by atoms with Crippen molar-refractivity contribution in [2.24, 2.45) is 0 Å². The number of fused-ring (bicyclic) bond motifs is 1. The zero-order valence-electron chi connectivity index (χ0n) is 20.2. The molecule has 1 aromatic carbocycles. The third-order valence-electron chi connectivity index (χ3n) is 6.81. The van der Waals surface area contributed by atoms with Crippen molar-refractivity contribution in [2.75, 3.05) is 18.1 Å². The third kappa shape index (κ3) is 5.62. The number of rotatable bonds is 8. The number of hydrogen-bond donors (Lipinski definition) is 9. The number of anilines is 1. The summed E-state index contributed by atoms with van der Waals surface area (Å²) in [4.78, 5) is 36.3. The van der Waals surface area contributed by atoms with Crippen LogP contribution in [0.15, 0.2) is 35.6 Å². The lowest BCUT2D eigenvalue weighted by Crippen LogP contribution is -2.60. The molecule has 212 valence electrons. The minimum absolute atomic E-state index is 0.0192. The van der Waals surface area contributed by atoms with Crippen molar-refractivity contribution >= 4 is 23.6 Å². The molecule has 0 bridgehead atoms. The number of carboxylic acid groups (broad SMARTS) is 3. The first kappa shape index (κ1) is 28.1. The first-order chi connectivity index (χ1) is 18.4. The molecule has 1 saturated heterocycles. The molecule has 3 aliphatic heterocycles. The summed E-state index contributed by atoms with van der Waals surface area (Å²) in [5, 5.41) is 80.9. The molecule has 7 atom stereocenters. The number of phenolic OH excluding ortho intramolecular Hbond substituents is 1. The maximum atomic E-state index is 12.0. The summed E-state index contributed by atoms with van der Waals surface area (Å²) in [7, 11) is 0. The molecule has 1 fully saturated rings. The number of nitrogens with one attached hydrogen (secondary N) is 1. The number of nitrogens with zero attached hydrogens (tertiary/aromatic N) is 1. The Labute approximate surface area is 220 Å². The Morgan fingerprint density at radius 2 is 1.77 bits per heavy atom. The Morgan fingerprint density at radius 1 is 1.05 bits per heavy atom. The van der Waals surface area contributed by atoms with Crippen molar-refractivity contribution in [3.05, 3.63) is 41.1 Å². The summed E-state index contributed by atoms with van der Waals surface area (Å²) in [6.45, 7) is -0.737. The van der Waals surface area contributed by atoms with Crippen LogP contribution in [0.5, 0.6) is 11.5 Å². The van der Waals surface area contributed by atoms with Crippen LogP contribution >= 0.6 is 0 Å². The average Bonchev–Trinajstić information content (AvgIpc) is 3.24. The molecule has 0 spiro atoms. The molecular formula is C24H28N2O13. The van der Waals surface area contributed by atoms with Crippen molar-refractivity contribution in [2.45, 2.75) is 55.6 Å². The summed E-state index contributed by atoms with van der Waals surface area (Å²) in [6.07, 6.45) is -5.13. The second-order valence-electron chi connectivity index (χ2n) is 9.36. The molecular weight excluding hydrogens is 524 g/mol. The Kier molecular flexibility index (Phi) is 7.99. The molecule has 0 aromatic heterocycles. The van der Waals surface area contributed by atoms with E-state index in [0.29, 0.717) is 16.8 Å². The van der Waals surface area contributed by atoms with E-state index >= 15 is 0 Å². The lowest BCUT2D eigenvalue weighted by molar-refractivity contribution is -0.277. The number of allylic oxidation sites excluding steroid dienone is 1. The number of phenols is 1. The summed E-state index contributed by atoms with van der Waals surface area (Å²) in [5.74, 6) is -4.46. The van der Waals surface area contributed by atoms with Gasteiger partial charge in [-0.1, -0.05) is 6.08 Å². The van der Waals surface area contributed by atoms with Crippen LogP contribution in [0.3, 0.4) is 0 Å². The minimum Gasteiger partial charge on any atom is -0.504 e. The van der Waals surface area contributed by atoms with Gasteiger partial charge in [0.05, 0.1) is 6.61 Å². The van der Waals surface area contributed by atoms with Crippen LogP contribution in [0, 0.1) is 0 Å². The quantitative estimate of drug-likeness (QED) is 0.165. The number of aliphatic hydroxyl groups is 4. The molecule has 9 N–H and O–H groups in total. The van der Waals surface area contributed by atoms with Gasteiger partial charge in [0.1, 0.15) is 42.2 Å². The fourth-order valence-electron chi connectivity index (χ4n) is 4.74. The van der Waals surface area contributed by atoms with Crippen molar-refractivity contribution in [1.82, 2.24) is 5.32 Å². The van der Waals surface area contributed by atoms with Gasteiger partial charge in [-0.25, -0.2) is 14.4 Å². The minimum atomic E-state index is -1.73. The summed E-state index contributed by atoms with van der Waals surface area (Å²) < 4.78 is 10.8. The Morgan fingerprint density at radius 3 is 2.38 bits per heavy atom. The van der Waals surface area contributed by atoms with Crippen molar-refractivity contribution in [3.8, 4) is 11.5 Å². The van der Waals surface area contributed by atoms with Gasteiger partial charge in [-0.15, -0.1) is 0 Å². The van der Waals surface area contributed by atoms with Crippen molar-refractivity contribution in [1.29, 1.82) is 0 Å². The maximum absolute atomic E-state index is 12.0. The van der Waals surface area contributed by atoms with Crippen LogP contribution < -0.4 is 15.0 Å².